The molecule has 3 heteroatoms. The average molecular weight is 226 g/mol. The highest BCUT2D eigenvalue weighted by molar-refractivity contribution is 7.12. The summed E-state index contributed by atoms with van der Waals surface area (Å²) in [6, 6.07) is 2.03. The largest absolute Gasteiger partial charge is 0.465 e. The smallest absolute Gasteiger partial charge is 0.348 e. The fourth-order valence-electron chi connectivity index (χ4n) is 1.55. The summed E-state index contributed by atoms with van der Waals surface area (Å²) in [5.41, 5.74) is 1.14. The Bertz CT molecular complexity index is 304. The highest BCUT2D eigenvalue weighted by Gasteiger charge is 2.12. The first-order chi connectivity index (χ1) is 7.29. The molecule has 0 bridgehead atoms. The fourth-order valence-corrected chi connectivity index (χ4v) is 2.42. The monoisotopic (exact) mass is 226 g/mol. The molecule has 0 saturated heterocycles. The fraction of sp³-hybridized carbons (Fsp3) is 0.583. The van der Waals surface area contributed by atoms with Gasteiger partial charge in [-0.1, -0.05) is 26.2 Å². The Morgan fingerprint density at radius 1 is 1.40 bits per heavy atom. The van der Waals surface area contributed by atoms with Crippen LogP contribution in [0.1, 0.15) is 47.8 Å². The SMILES string of the molecule is CCCCCCc1ccsc1C(=O)OC. The van der Waals surface area contributed by atoms with Crippen molar-refractivity contribution < 1.29 is 9.53 Å². The van der Waals surface area contributed by atoms with E-state index in [1.165, 1.54) is 37.7 Å². The number of rotatable bonds is 6. The molecule has 2 nitrogen and oxygen atoms in total. The minimum absolute atomic E-state index is 0.199. The molecule has 0 atom stereocenters. The van der Waals surface area contributed by atoms with Crippen molar-refractivity contribution in [2.24, 2.45) is 0 Å². The molecule has 0 aliphatic carbocycles. The predicted octanol–water partition coefficient (Wildman–Crippen LogP) is 3.66. The second-order valence-corrected chi connectivity index (χ2v) is 4.49. The van der Waals surface area contributed by atoms with Crippen LogP contribution >= 0.6 is 11.3 Å². The van der Waals surface area contributed by atoms with Crippen molar-refractivity contribution in [3.63, 3.8) is 0 Å². The molecule has 0 fully saturated rings. The summed E-state index contributed by atoms with van der Waals surface area (Å²) in [7, 11) is 1.43. The van der Waals surface area contributed by atoms with Crippen LogP contribution in [-0.4, -0.2) is 13.1 Å². The Balaban J connectivity index is 2.46. The van der Waals surface area contributed by atoms with Crippen LogP contribution in [-0.2, 0) is 11.2 Å². The van der Waals surface area contributed by atoms with Gasteiger partial charge in [0, 0.05) is 0 Å². The predicted molar refractivity (Wildman–Crippen MR) is 63.5 cm³/mol. The summed E-state index contributed by atoms with van der Waals surface area (Å²) in [5, 5.41) is 1.96. The van der Waals surface area contributed by atoms with Gasteiger partial charge in [0.15, 0.2) is 0 Å². The quantitative estimate of drug-likeness (QED) is 0.546. The van der Waals surface area contributed by atoms with Crippen LogP contribution in [0.15, 0.2) is 11.4 Å². The van der Waals surface area contributed by atoms with Crippen LogP contribution in [0, 0.1) is 0 Å². The number of ether oxygens (including phenoxy) is 1. The number of methoxy groups -OCH3 is 1. The third kappa shape index (κ3) is 3.67. The molecule has 0 aliphatic rings. The second kappa shape index (κ2) is 6.62. The molecule has 1 rings (SSSR count). The number of esters is 1. The van der Waals surface area contributed by atoms with Crippen molar-refractivity contribution in [3.8, 4) is 0 Å². The van der Waals surface area contributed by atoms with Gasteiger partial charge in [-0.2, -0.15) is 0 Å². The average Bonchev–Trinajstić information content (AvgIpc) is 2.71. The van der Waals surface area contributed by atoms with Gasteiger partial charge in [0.05, 0.1) is 7.11 Å². The molecule has 0 spiro atoms. The van der Waals surface area contributed by atoms with Crippen LogP contribution in [0.4, 0.5) is 0 Å². The lowest BCUT2D eigenvalue weighted by Gasteiger charge is -2.01. The van der Waals surface area contributed by atoms with Crippen molar-refractivity contribution in [2.75, 3.05) is 7.11 Å². The minimum Gasteiger partial charge on any atom is -0.465 e. The summed E-state index contributed by atoms with van der Waals surface area (Å²) in [4.78, 5) is 12.1. The first kappa shape index (κ1) is 12.2. The van der Waals surface area contributed by atoms with Gasteiger partial charge in [-0.15, -0.1) is 11.3 Å². The highest BCUT2D eigenvalue weighted by Crippen LogP contribution is 2.20. The normalized spacial score (nSPS) is 10.3. The van der Waals surface area contributed by atoms with E-state index < -0.39 is 0 Å². The molecule has 0 aliphatic heterocycles. The zero-order valence-corrected chi connectivity index (χ0v) is 10.2. The van der Waals surface area contributed by atoms with E-state index in [0.29, 0.717) is 0 Å². The number of aryl methyl sites for hydroxylation is 1. The molecule has 0 amide bonds. The third-order valence-corrected chi connectivity index (χ3v) is 3.35. The van der Waals surface area contributed by atoms with E-state index >= 15 is 0 Å². The lowest BCUT2D eigenvalue weighted by Crippen LogP contribution is -2.01. The molecular formula is C12H18O2S. The molecule has 0 radical (unpaired) electrons. The maximum atomic E-state index is 11.4. The van der Waals surface area contributed by atoms with E-state index in [9.17, 15) is 4.79 Å². The summed E-state index contributed by atoms with van der Waals surface area (Å²) < 4.78 is 4.73. The highest BCUT2D eigenvalue weighted by atomic mass is 32.1. The Hall–Kier alpha value is -0.830. The summed E-state index contributed by atoms with van der Waals surface area (Å²) in [6.07, 6.45) is 5.92. The van der Waals surface area contributed by atoms with Crippen LogP contribution in [0.2, 0.25) is 0 Å². The molecule has 0 unspecified atom stereocenters. The Morgan fingerprint density at radius 3 is 2.87 bits per heavy atom. The van der Waals surface area contributed by atoms with Gasteiger partial charge in [-0.3, -0.25) is 0 Å². The van der Waals surface area contributed by atoms with Crippen LogP contribution in [0.25, 0.3) is 0 Å². The van der Waals surface area contributed by atoms with Gasteiger partial charge in [0.25, 0.3) is 0 Å². The molecule has 1 aromatic rings. The first-order valence-electron chi connectivity index (χ1n) is 5.44. The van der Waals surface area contributed by atoms with Gasteiger partial charge >= 0.3 is 5.97 Å². The second-order valence-electron chi connectivity index (χ2n) is 3.58. The zero-order chi connectivity index (χ0) is 11.1. The summed E-state index contributed by atoms with van der Waals surface area (Å²) in [5.74, 6) is -0.199. The molecule has 1 aromatic heterocycles. The number of hydrogen-bond donors (Lipinski definition) is 0. The molecule has 84 valence electrons. The van der Waals surface area contributed by atoms with Crippen molar-refractivity contribution in [1.29, 1.82) is 0 Å². The Morgan fingerprint density at radius 2 is 2.20 bits per heavy atom. The van der Waals surface area contributed by atoms with E-state index in [1.807, 2.05) is 11.4 Å². The van der Waals surface area contributed by atoms with E-state index in [2.05, 4.69) is 6.92 Å². The number of carbonyl (C=O) groups is 1. The summed E-state index contributed by atoms with van der Waals surface area (Å²) >= 11 is 1.47. The van der Waals surface area contributed by atoms with Gasteiger partial charge in [0.1, 0.15) is 4.88 Å². The summed E-state index contributed by atoms with van der Waals surface area (Å²) in [6.45, 7) is 2.20. The number of thiophene rings is 1. The first-order valence-corrected chi connectivity index (χ1v) is 6.32. The zero-order valence-electron chi connectivity index (χ0n) is 9.41. The Labute approximate surface area is 95.3 Å². The Kier molecular flexibility index (Phi) is 5.40. The molecule has 0 N–H and O–H groups in total. The lowest BCUT2D eigenvalue weighted by molar-refractivity contribution is 0.0605. The van der Waals surface area contributed by atoms with Gasteiger partial charge in [0.2, 0.25) is 0 Å². The van der Waals surface area contributed by atoms with Crippen molar-refractivity contribution in [1.82, 2.24) is 0 Å². The lowest BCUT2D eigenvalue weighted by atomic mass is 10.1. The molecule has 0 aromatic carbocycles. The number of hydrogen-bond acceptors (Lipinski definition) is 3. The number of carbonyl (C=O) groups excluding carboxylic acids is 1. The van der Waals surface area contributed by atoms with Crippen LogP contribution in [0.5, 0.6) is 0 Å². The maximum absolute atomic E-state index is 11.4. The van der Waals surface area contributed by atoms with E-state index in [0.717, 1.165) is 23.3 Å². The van der Waals surface area contributed by atoms with Crippen LogP contribution in [0.3, 0.4) is 0 Å². The standard InChI is InChI=1S/C12H18O2S/c1-3-4-5-6-7-10-8-9-15-11(10)12(13)14-2/h8-9H,3-7H2,1-2H3. The number of unbranched alkanes of at least 4 members (excludes halogenated alkanes) is 3. The van der Waals surface area contributed by atoms with E-state index in [4.69, 9.17) is 4.74 Å². The molecule has 0 saturated carbocycles. The van der Waals surface area contributed by atoms with Crippen molar-refractivity contribution in [3.05, 3.63) is 21.9 Å². The molecule has 15 heavy (non-hydrogen) atoms. The topological polar surface area (TPSA) is 26.3 Å². The van der Waals surface area contributed by atoms with Crippen molar-refractivity contribution in [2.45, 2.75) is 39.0 Å². The minimum atomic E-state index is -0.199. The van der Waals surface area contributed by atoms with Crippen LogP contribution < -0.4 is 0 Å². The van der Waals surface area contributed by atoms with Gasteiger partial charge in [-0.25, -0.2) is 4.79 Å². The maximum Gasteiger partial charge on any atom is 0.348 e. The van der Waals surface area contributed by atoms with Crippen molar-refractivity contribution >= 4 is 17.3 Å². The third-order valence-electron chi connectivity index (χ3n) is 2.42. The van der Waals surface area contributed by atoms with Gasteiger partial charge < -0.3 is 4.74 Å². The molecular weight excluding hydrogens is 208 g/mol. The van der Waals surface area contributed by atoms with E-state index in [1.54, 1.807) is 0 Å². The van der Waals surface area contributed by atoms with E-state index in [-0.39, 0.29) is 5.97 Å². The molecule has 1 heterocycles. The van der Waals surface area contributed by atoms with Gasteiger partial charge in [-0.05, 0) is 29.9 Å².